The maximum Gasteiger partial charge on any atom is 0.266 e. The highest BCUT2D eigenvalue weighted by Gasteiger charge is 2.13. The van der Waals surface area contributed by atoms with Gasteiger partial charge >= 0.3 is 0 Å². The van der Waals surface area contributed by atoms with E-state index in [4.69, 9.17) is 27.9 Å². The lowest BCUT2D eigenvalue weighted by Gasteiger charge is -2.12. The number of hydrogen-bond donors (Lipinski definition) is 1. The van der Waals surface area contributed by atoms with Crippen LogP contribution in [0.1, 0.15) is 11.1 Å². The molecule has 0 aliphatic rings. The summed E-state index contributed by atoms with van der Waals surface area (Å²) in [5, 5.41) is 13.2. The Morgan fingerprint density at radius 3 is 2.28 bits per heavy atom. The molecule has 0 heterocycles. The summed E-state index contributed by atoms with van der Waals surface area (Å²) in [7, 11) is 0. The Morgan fingerprint density at radius 2 is 1.69 bits per heavy atom. The molecule has 4 nitrogen and oxygen atoms in total. The van der Waals surface area contributed by atoms with Crippen LogP contribution >= 0.6 is 71.0 Å². The molecule has 0 fully saturated rings. The predicted molar refractivity (Wildman–Crippen MR) is 139 cm³/mol. The van der Waals surface area contributed by atoms with Crippen molar-refractivity contribution in [3.05, 3.63) is 94.8 Å². The first-order valence-corrected chi connectivity index (χ1v) is 12.1. The molecule has 32 heavy (non-hydrogen) atoms. The monoisotopic (exact) mass is 656 g/mol. The fourth-order valence-corrected chi connectivity index (χ4v) is 4.81. The largest absolute Gasteiger partial charge is 0.486 e. The highest BCUT2D eigenvalue weighted by molar-refractivity contribution is 9.11. The van der Waals surface area contributed by atoms with E-state index in [1.807, 2.05) is 6.07 Å². The van der Waals surface area contributed by atoms with Crippen molar-refractivity contribution in [1.82, 2.24) is 0 Å². The van der Waals surface area contributed by atoms with Crippen molar-refractivity contribution in [2.24, 2.45) is 0 Å². The molecule has 162 valence electrons. The number of nitrogens with zero attached hydrogens (tertiary/aromatic N) is 1. The number of carbonyl (C=O) groups excluding carboxylic acids is 1. The summed E-state index contributed by atoms with van der Waals surface area (Å²) in [4.78, 5) is 12.5. The van der Waals surface area contributed by atoms with Crippen LogP contribution in [0.4, 0.5) is 5.69 Å². The van der Waals surface area contributed by atoms with E-state index in [9.17, 15) is 10.1 Å². The van der Waals surface area contributed by atoms with Gasteiger partial charge in [-0.1, -0.05) is 45.2 Å². The highest BCUT2D eigenvalue weighted by atomic mass is 79.9. The minimum atomic E-state index is -0.500. The van der Waals surface area contributed by atoms with Gasteiger partial charge in [0, 0.05) is 25.8 Å². The minimum Gasteiger partial charge on any atom is -0.486 e. The number of ether oxygens (including phenoxy) is 1. The third-order valence-electron chi connectivity index (χ3n) is 4.19. The summed E-state index contributed by atoms with van der Waals surface area (Å²) in [5.74, 6) is 0.0609. The van der Waals surface area contributed by atoms with Gasteiger partial charge < -0.3 is 10.1 Å². The van der Waals surface area contributed by atoms with E-state index >= 15 is 0 Å². The third kappa shape index (κ3) is 6.60. The van der Waals surface area contributed by atoms with Crippen LogP contribution in [0.5, 0.6) is 5.75 Å². The molecule has 0 aliphatic carbocycles. The maximum absolute atomic E-state index is 12.5. The molecule has 1 N–H and O–H groups in total. The van der Waals surface area contributed by atoms with Gasteiger partial charge in [-0.3, -0.25) is 4.79 Å². The Morgan fingerprint density at radius 1 is 1.03 bits per heavy atom. The molecule has 0 aliphatic heterocycles. The van der Waals surface area contributed by atoms with E-state index in [1.54, 1.807) is 54.6 Å². The van der Waals surface area contributed by atoms with Crippen molar-refractivity contribution in [2.75, 3.05) is 5.32 Å². The molecule has 3 aromatic rings. The lowest BCUT2D eigenvalue weighted by molar-refractivity contribution is -0.112. The molecular weight excluding hydrogens is 647 g/mol. The van der Waals surface area contributed by atoms with Crippen LogP contribution in [-0.4, -0.2) is 5.91 Å². The van der Waals surface area contributed by atoms with Crippen molar-refractivity contribution in [2.45, 2.75) is 6.61 Å². The van der Waals surface area contributed by atoms with Gasteiger partial charge in [0.15, 0.2) is 0 Å². The lowest BCUT2D eigenvalue weighted by Crippen LogP contribution is -2.13. The average Bonchev–Trinajstić information content (AvgIpc) is 2.74. The van der Waals surface area contributed by atoms with Gasteiger partial charge in [-0.05, 0) is 92.0 Å². The van der Waals surface area contributed by atoms with E-state index in [-0.39, 0.29) is 12.2 Å². The second-order valence-corrected chi connectivity index (χ2v) is 9.94. The molecule has 0 bridgehead atoms. The van der Waals surface area contributed by atoms with E-state index < -0.39 is 5.91 Å². The number of anilines is 1. The van der Waals surface area contributed by atoms with Crippen molar-refractivity contribution in [3.8, 4) is 11.8 Å². The van der Waals surface area contributed by atoms with Crippen molar-refractivity contribution >= 4 is 88.7 Å². The van der Waals surface area contributed by atoms with Gasteiger partial charge in [0.1, 0.15) is 24.0 Å². The third-order valence-corrected chi connectivity index (χ3v) is 6.48. The molecule has 0 saturated heterocycles. The summed E-state index contributed by atoms with van der Waals surface area (Å²) in [6.07, 6.45) is 1.50. The fourth-order valence-electron chi connectivity index (χ4n) is 2.64. The summed E-state index contributed by atoms with van der Waals surface area (Å²) in [5.41, 5.74) is 1.98. The zero-order valence-corrected chi connectivity index (χ0v) is 22.4. The second-order valence-electron chi connectivity index (χ2n) is 6.47. The molecular formula is C23H13Br3Cl2N2O2. The molecule has 0 spiro atoms. The quantitative estimate of drug-likeness (QED) is 0.214. The maximum atomic E-state index is 12.5. The molecule has 9 heteroatoms. The number of nitrogens with one attached hydrogen (secondary N) is 1. The number of hydrogen-bond acceptors (Lipinski definition) is 3. The number of rotatable bonds is 6. The summed E-state index contributed by atoms with van der Waals surface area (Å²) >= 11 is 22.4. The van der Waals surface area contributed by atoms with Crippen LogP contribution in [-0.2, 0) is 11.4 Å². The molecule has 0 unspecified atom stereocenters. The molecule has 0 atom stereocenters. The van der Waals surface area contributed by atoms with Gasteiger partial charge in [0.25, 0.3) is 5.91 Å². The van der Waals surface area contributed by atoms with Crippen LogP contribution in [0.2, 0.25) is 10.0 Å². The van der Waals surface area contributed by atoms with Crippen LogP contribution in [0, 0.1) is 11.3 Å². The molecule has 0 aromatic heterocycles. The smallest absolute Gasteiger partial charge is 0.266 e. The molecule has 3 aromatic carbocycles. The van der Waals surface area contributed by atoms with Crippen LogP contribution < -0.4 is 10.1 Å². The van der Waals surface area contributed by atoms with Gasteiger partial charge in [0.2, 0.25) is 0 Å². The number of nitriles is 1. The zero-order valence-electron chi connectivity index (χ0n) is 16.1. The van der Waals surface area contributed by atoms with Crippen molar-refractivity contribution in [1.29, 1.82) is 5.26 Å². The van der Waals surface area contributed by atoms with Gasteiger partial charge in [0.05, 0.1) is 8.95 Å². The van der Waals surface area contributed by atoms with Gasteiger partial charge in [-0.15, -0.1) is 0 Å². The SMILES string of the molecule is N#C/C(=C/c1cc(Br)c(OCc2ccc(Cl)cc2Cl)c(Br)c1)C(=O)Nc1ccc(Br)cc1. The topological polar surface area (TPSA) is 62.1 Å². The Kier molecular flexibility index (Phi) is 8.80. The lowest BCUT2D eigenvalue weighted by atomic mass is 10.1. The molecule has 1 amide bonds. The summed E-state index contributed by atoms with van der Waals surface area (Å²) in [6.45, 7) is 0.238. The first-order chi connectivity index (χ1) is 15.3. The van der Waals surface area contributed by atoms with E-state index in [1.165, 1.54) is 6.08 Å². The number of carbonyl (C=O) groups is 1. The van der Waals surface area contributed by atoms with Crippen molar-refractivity contribution < 1.29 is 9.53 Å². The number of amides is 1. The van der Waals surface area contributed by atoms with Gasteiger partial charge in [-0.2, -0.15) is 5.26 Å². The summed E-state index contributed by atoms with van der Waals surface area (Å²) < 4.78 is 8.09. The first kappa shape index (κ1) is 24.8. The van der Waals surface area contributed by atoms with Crippen molar-refractivity contribution in [3.63, 3.8) is 0 Å². The first-order valence-electron chi connectivity index (χ1n) is 9.01. The van der Waals surface area contributed by atoms with Crippen LogP contribution in [0.3, 0.4) is 0 Å². The molecule has 0 saturated carbocycles. The minimum absolute atomic E-state index is 0.0340. The number of halogens is 5. The fraction of sp³-hybridized carbons (Fsp3) is 0.0435. The molecule has 3 rings (SSSR count). The normalized spacial score (nSPS) is 11.1. The molecule has 0 radical (unpaired) electrons. The second kappa shape index (κ2) is 11.4. The van der Waals surface area contributed by atoms with Gasteiger partial charge in [-0.25, -0.2) is 0 Å². The van der Waals surface area contributed by atoms with Crippen LogP contribution in [0.25, 0.3) is 6.08 Å². The predicted octanol–water partition coefficient (Wildman–Crippen LogP) is 8.41. The number of benzene rings is 3. The standard InChI is InChI=1S/C23H13Br3Cl2N2O2/c24-16-2-5-18(6-3-16)30-23(31)15(11-29)7-13-8-19(25)22(20(26)9-13)32-12-14-1-4-17(27)10-21(14)28/h1-10H,12H2,(H,30,31)/b15-7-. The van der Waals surface area contributed by atoms with E-state index in [0.717, 1.165) is 10.0 Å². The Bertz CT molecular complexity index is 1220. The Labute approximate surface area is 220 Å². The highest BCUT2D eigenvalue weighted by Crippen LogP contribution is 2.36. The average molecular weight is 660 g/mol. The van der Waals surface area contributed by atoms with E-state index in [2.05, 4.69) is 53.1 Å². The Hall–Kier alpha value is -1.82. The van der Waals surface area contributed by atoms with Crippen LogP contribution in [0.15, 0.2) is 73.6 Å². The zero-order chi connectivity index (χ0) is 23.3. The van der Waals surface area contributed by atoms with E-state index in [0.29, 0.717) is 36.0 Å². The Balaban J connectivity index is 1.77. The summed E-state index contributed by atoms with van der Waals surface area (Å²) in [6, 6.07) is 17.7.